The van der Waals surface area contributed by atoms with Crippen molar-refractivity contribution in [2.24, 2.45) is 0 Å². The summed E-state index contributed by atoms with van der Waals surface area (Å²) in [7, 11) is 0. The Morgan fingerprint density at radius 1 is 1.17 bits per heavy atom. The average molecular weight is 254 g/mol. The van der Waals surface area contributed by atoms with Gasteiger partial charge < -0.3 is 10.1 Å². The van der Waals surface area contributed by atoms with Crippen LogP contribution in [0.5, 0.6) is 0 Å². The summed E-state index contributed by atoms with van der Waals surface area (Å²) in [5.41, 5.74) is 0. The van der Waals surface area contributed by atoms with Crippen molar-refractivity contribution in [3.05, 3.63) is 0 Å². The molecule has 1 unspecified atom stereocenters. The predicted octanol–water partition coefficient (Wildman–Crippen LogP) is 2.41. The molecule has 2 aliphatic heterocycles. The number of hydrogen-bond donors (Lipinski definition) is 1. The van der Waals surface area contributed by atoms with Gasteiger partial charge in [-0.15, -0.1) is 0 Å². The third-order valence-electron chi connectivity index (χ3n) is 4.39. The monoisotopic (exact) mass is 254 g/mol. The molecule has 2 saturated heterocycles. The highest BCUT2D eigenvalue weighted by Crippen LogP contribution is 2.20. The van der Waals surface area contributed by atoms with Gasteiger partial charge in [0.2, 0.25) is 0 Å². The van der Waals surface area contributed by atoms with Crippen LogP contribution >= 0.6 is 0 Å². The summed E-state index contributed by atoms with van der Waals surface area (Å²) >= 11 is 0. The number of piperidine rings is 2. The van der Waals surface area contributed by atoms with Gasteiger partial charge in [-0.3, -0.25) is 4.90 Å². The van der Waals surface area contributed by atoms with E-state index in [9.17, 15) is 0 Å². The zero-order valence-corrected chi connectivity index (χ0v) is 12.0. The molecule has 0 aromatic carbocycles. The molecule has 2 fully saturated rings. The van der Waals surface area contributed by atoms with Crippen LogP contribution in [0.1, 0.15) is 51.9 Å². The first-order valence-corrected chi connectivity index (χ1v) is 7.96. The Morgan fingerprint density at radius 3 is 2.78 bits per heavy atom. The van der Waals surface area contributed by atoms with Crippen molar-refractivity contribution >= 4 is 0 Å². The van der Waals surface area contributed by atoms with E-state index in [-0.39, 0.29) is 0 Å². The van der Waals surface area contributed by atoms with Crippen LogP contribution in [0.25, 0.3) is 0 Å². The Bertz CT molecular complexity index is 215. The lowest BCUT2D eigenvalue weighted by Gasteiger charge is -2.36. The number of nitrogens with zero attached hydrogens (tertiary/aromatic N) is 1. The summed E-state index contributed by atoms with van der Waals surface area (Å²) in [5.74, 6) is 0. The van der Waals surface area contributed by atoms with Crippen molar-refractivity contribution in [3.8, 4) is 0 Å². The summed E-state index contributed by atoms with van der Waals surface area (Å²) in [5, 5.41) is 3.39. The molecular formula is C15H30N2O. The third kappa shape index (κ3) is 4.52. The number of nitrogens with one attached hydrogen (secondary N) is 1. The lowest BCUT2D eigenvalue weighted by Crippen LogP contribution is -2.42. The van der Waals surface area contributed by atoms with E-state index in [1.165, 1.54) is 51.5 Å². The number of hydrogen-bond acceptors (Lipinski definition) is 3. The maximum atomic E-state index is 6.03. The van der Waals surface area contributed by atoms with E-state index >= 15 is 0 Å². The van der Waals surface area contributed by atoms with Gasteiger partial charge in [-0.2, -0.15) is 0 Å². The minimum atomic E-state index is 0.515. The molecule has 2 aliphatic rings. The highest BCUT2D eigenvalue weighted by molar-refractivity contribution is 4.76. The second-order valence-electron chi connectivity index (χ2n) is 5.79. The fraction of sp³-hybridized carbons (Fsp3) is 1.00. The summed E-state index contributed by atoms with van der Waals surface area (Å²) in [6, 6.07) is 0.834. The number of ether oxygens (including phenoxy) is 1. The van der Waals surface area contributed by atoms with Crippen LogP contribution in [-0.4, -0.2) is 49.8 Å². The van der Waals surface area contributed by atoms with E-state index < -0.39 is 0 Å². The van der Waals surface area contributed by atoms with E-state index in [1.807, 2.05) is 0 Å². The summed E-state index contributed by atoms with van der Waals surface area (Å²) in [6.45, 7) is 7.94. The molecule has 1 atom stereocenters. The maximum Gasteiger partial charge on any atom is 0.0600 e. The zero-order chi connectivity index (χ0) is 12.6. The van der Waals surface area contributed by atoms with Gasteiger partial charge >= 0.3 is 0 Å². The second kappa shape index (κ2) is 8.13. The van der Waals surface area contributed by atoms with Gasteiger partial charge in [0.1, 0.15) is 0 Å². The van der Waals surface area contributed by atoms with Crippen molar-refractivity contribution < 1.29 is 4.74 Å². The van der Waals surface area contributed by atoms with Gasteiger partial charge in [0.05, 0.1) is 12.7 Å². The van der Waals surface area contributed by atoms with Crippen molar-refractivity contribution in [2.75, 3.05) is 32.8 Å². The largest absolute Gasteiger partial charge is 0.377 e. The molecule has 0 amide bonds. The molecule has 0 bridgehead atoms. The average Bonchev–Trinajstić information content (AvgIpc) is 2.42. The number of rotatable bonds is 6. The van der Waals surface area contributed by atoms with Gasteiger partial charge in [-0.1, -0.05) is 19.8 Å². The zero-order valence-electron chi connectivity index (χ0n) is 12.0. The van der Waals surface area contributed by atoms with E-state index in [2.05, 4.69) is 17.1 Å². The molecule has 3 heteroatoms. The van der Waals surface area contributed by atoms with E-state index in [0.29, 0.717) is 6.10 Å². The van der Waals surface area contributed by atoms with Crippen molar-refractivity contribution in [1.29, 1.82) is 0 Å². The molecule has 0 aliphatic carbocycles. The van der Waals surface area contributed by atoms with Crippen LogP contribution in [0, 0.1) is 0 Å². The molecule has 1 N–H and O–H groups in total. The topological polar surface area (TPSA) is 24.5 Å². The van der Waals surface area contributed by atoms with Crippen LogP contribution < -0.4 is 5.32 Å². The molecule has 0 aromatic rings. The minimum Gasteiger partial charge on any atom is -0.377 e. The van der Waals surface area contributed by atoms with Gasteiger partial charge in [0, 0.05) is 12.6 Å². The standard InChI is InChI=1S/C15H30N2O/c1-2-5-14-6-3-4-11-17(14)12-13-18-15-7-9-16-10-8-15/h14-16H,2-13H2,1H3. The Hall–Kier alpha value is -0.120. The highest BCUT2D eigenvalue weighted by Gasteiger charge is 2.21. The summed E-state index contributed by atoms with van der Waals surface area (Å²) < 4.78 is 6.03. The van der Waals surface area contributed by atoms with Crippen molar-refractivity contribution in [2.45, 2.75) is 64.0 Å². The molecular weight excluding hydrogens is 224 g/mol. The SMILES string of the molecule is CCCC1CCCCN1CCOC1CCNCC1. The molecule has 18 heavy (non-hydrogen) atoms. The molecule has 2 rings (SSSR count). The van der Waals surface area contributed by atoms with E-state index in [0.717, 1.165) is 32.3 Å². The van der Waals surface area contributed by atoms with Crippen LogP contribution in [0.3, 0.4) is 0 Å². The first kappa shape index (κ1) is 14.3. The fourth-order valence-corrected chi connectivity index (χ4v) is 3.31. The Morgan fingerprint density at radius 2 is 2.00 bits per heavy atom. The fourth-order valence-electron chi connectivity index (χ4n) is 3.31. The van der Waals surface area contributed by atoms with Crippen molar-refractivity contribution in [1.82, 2.24) is 10.2 Å². The third-order valence-corrected chi connectivity index (χ3v) is 4.39. The van der Waals surface area contributed by atoms with Gasteiger partial charge in [0.15, 0.2) is 0 Å². The van der Waals surface area contributed by atoms with Crippen LogP contribution in [-0.2, 0) is 4.74 Å². The Balaban J connectivity index is 1.64. The smallest absolute Gasteiger partial charge is 0.0600 e. The second-order valence-corrected chi connectivity index (χ2v) is 5.79. The molecule has 0 radical (unpaired) electrons. The molecule has 0 aromatic heterocycles. The normalized spacial score (nSPS) is 27.5. The molecule has 106 valence electrons. The molecule has 0 saturated carbocycles. The van der Waals surface area contributed by atoms with Crippen LogP contribution in [0.2, 0.25) is 0 Å². The Labute approximate surface area is 112 Å². The first-order chi connectivity index (χ1) is 8.90. The molecule has 3 nitrogen and oxygen atoms in total. The first-order valence-electron chi connectivity index (χ1n) is 7.96. The van der Waals surface area contributed by atoms with Crippen molar-refractivity contribution in [3.63, 3.8) is 0 Å². The quantitative estimate of drug-likeness (QED) is 0.788. The lowest BCUT2D eigenvalue weighted by atomic mass is 9.98. The summed E-state index contributed by atoms with van der Waals surface area (Å²) in [4.78, 5) is 2.67. The minimum absolute atomic E-state index is 0.515. The molecule has 2 heterocycles. The highest BCUT2D eigenvalue weighted by atomic mass is 16.5. The maximum absolute atomic E-state index is 6.03. The summed E-state index contributed by atoms with van der Waals surface area (Å²) in [6.07, 6.45) is 9.80. The molecule has 0 spiro atoms. The van der Waals surface area contributed by atoms with E-state index in [1.54, 1.807) is 0 Å². The van der Waals surface area contributed by atoms with Gasteiger partial charge in [-0.05, 0) is 51.7 Å². The van der Waals surface area contributed by atoms with Gasteiger partial charge in [-0.25, -0.2) is 0 Å². The van der Waals surface area contributed by atoms with Crippen LogP contribution in [0.4, 0.5) is 0 Å². The lowest BCUT2D eigenvalue weighted by molar-refractivity contribution is 0.00805. The Kier molecular flexibility index (Phi) is 6.46. The number of likely N-dealkylation sites (tertiary alicyclic amines) is 1. The van der Waals surface area contributed by atoms with E-state index in [4.69, 9.17) is 4.74 Å². The van der Waals surface area contributed by atoms with Crippen LogP contribution in [0.15, 0.2) is 0 Å². The predicted molar refractivity (Wildman–Crippen MR) is 76.0 cm³/mol. The van der Waals surface area contributed by atoms with Gasteiger partial charge in [0.25, 0.3) is 0 Å².